The first kappa shape index (κ1) is 24.0. The van der Waals surface area contributed by atoms with Gasteiger partial charge in [-0.2, -0.15) is 0 Å². The average Bonchev–Trinajstić information content (AvgIpc) is 2.82. The Morgan fingerprint density at radius 3 is 2.66 bits per heavy atom. The molecule has 0 saturated heterocycles. The monoisotopic (exact) mass is 440 g/mol. The van der Waals surface area contributed by atoms with Crippen LogP contribution in [0.1, 0.15) is 113 Å². The van der Waals surface area contributed by atoms with Crippen LogP contribution in [0.25, 0.3) is 0 Å². The molecule has 0 aliphatic heterocycles. The van der Waals surface area contributed by atoms with E-state index in [1.807, 2.05) is 6.08 Å². The first-order valence-corrected chi connectivity index (χ1v) is 13.7. The second-order valence-electron chi connectivity index (χ2n) is 11.0. The predicted molar refractivity (Wildman–Crippen MR) is 133 cm³/mol. The minimum absolute atomic E-state index is 0.162. The van der Waals surface area contributed by atoms with E-state index in [0.29, 0.717) is 18.6 Å². The van der Waals surface area contributed by atoms with Crippen molar-refractivity contribution in [2.75, 3.05) is 6.61 Å². The molecule has 0 aromatic heterocycles. The summed E-state index contributed by atoms with van der Waals surface area (Å²) in [6.45, 7) is 6.72. The van der Waals surface area contributed by atoms with Crippen LogP contribution in [0.3, 0.4) is 0 Å². The summed E-state index contributed by atoms with van der Waals surface area (Å²) in [6, 6.07) is 4.46. The van der Waals surface area contributed by atoms with Crippen LogP contribution in [0.2, 0.25) is 0 Å². The van der Waals surface area contributed by atoms with Gasteiger partial charge in [-0.1, -0.05) is 63.7 Å². The molecule has 3 aliphatic rings. The Bertz CT molecular complexity index is 741. The van der Waals surface area contributed by atoms with E-state index in [9.17, 15) is 0 Å². The van der Waals surface area contributed by atoms with E-state index in [1.54, 1.807) is 0 Å². The molecule has 1 nitrogen and oxygen atoms in total. The number of rotatable bonds is 10. The van der Waals surface area contributed by atoms with Crippen molar-refractivity contribution in [1.29, 1.82) is 0 Å². The number of hydrogen-bond acceptors (Lipinski definition) is 1. The zero-order valence-electron chi connectivity index (χ0n) is 20.4. The van der Waals surface area contributed by atoms with Crippen LogP contribution in [0, 0.1) is 23.6 Å². The largest absolute Gasteiger partial charge is 0.374 e. The lowest BCUT2D eigenvalue weighted by molar-refractivity contribution is -0.00325. The van der Waals surface area contributed by atoms with E-state index in [0.717, 1.165) is 54.6 Å². The van der Waals surface area contributed by atoms with Gasteiger partial charge in [0.1, 0.15) is 5.82 Å². The van der Waals surface area contributed by atoms with Gasteiger partial charge in [-0.25, -0.2) is 4.39 Å². The lowest BCUT2D eigenvalue weighted by Crippen LogP contribution is -2.34. The van der Waals surface area contributed by atoms with Crippen molar-refractivity contribution >= 4 is 0 Å². The molecule has 5 atom stereocenters. The number of unbranched alkanes of at least 4 members (excludes halogenated alkanes) is 4. The normalized spacial score (nSPS) is 29.9. The Balaban J connectivity index is 1.32. The van der Waals surface area contributed by atoms with Gasteiger partial charge in [-0.15, -0.1) is 6.58 Å². The summed E-state index contributed by atoms with van der Waals surface area (Å²) < 4.78 is 21.6. The molecule has 0 amide bonds. The second-order valence-corrected chi connectivity index (χ2v) is 11.0. The Kier molecular flexibility index (Phi) is 8.86. The van der Waals surface area contributed by atoms with E-state index >= 15 is 4.39 Å². The molecular weight excluding hydrogens is 395 g/mol. The summed E-state index contributed by atoms with van der Waals surface area (Å²) in [5, 5.41) is 0. The van der Waals surface area contributed by atoms with Crippen molar-refractivity contribution in [3.63, 3.8) is 0 Å². The van der Waals surface area contributed by atoms with Crippen molar-refractivity contribution in [2.24, 2.45) is 17.8 Å². The molecule has 5 unspecified atom stereocenters. The minimum atomic E-state index is 0.162. The molecule has 2 fully saturated rings. The smallest absolute Gasteiger partial charge is 0.130 e. The van der Waals surface area contributed by atoms with Gasteiger partial charge < -0.3 is 4.74 Å². The summed E-state index contributed by atoms with van der Waals surface area (Å²) in [5.41, 5.74) is 3.41. The highest BCUT2D eigenvalue weighted by Gasteiger charge is 2.37. The van der Waals surface area contributed by atoms with Crippen molar-refractivity contribution in [3.8, 4) is 0 Å². The molecule has 32 heavy (non-hydrogen) atoms. The Labute approximate surface area is 196 Å². The minimum Gasteiger partial charge on any atom is -0.374 e. The molecule has 0 spiro atoms. The summed E-state index contributed by atoms with van der Waals surface area (Å²) in [5.74, 6) is 2.88. The van der Waals surface area contributed by atoms with Gasteiger partial charge in [-0.05, 0) is 98.1 Å². The molecule has 0 heterocycles. The van der Waals surface area contributed by atoms with Crippen molar-refractivity contribution in [3.05, 3.63) is 47.3 Å². The molecule has 3 aliphatic carbocycles. The highest BCUT2D eigenvalue weighted by molar-refractivity contribution is 5.38. The maximum absolute atomic E-state index is 15.7. The van der Waals surface area contributed by atoms with Gasteiger partial charge in [0.25, 0.3) is 0 Å². The lowest BCUT2D eigenvalue weighted by atomic mass is 9.65. The zero-order valence-corrected chi connectivity index (χ0v) is 20.4. The maximum atomic E-state index is 15.7. The fourth-order valence-electron chi connectivity index (χ4n) is 6.98. The fourth-order valence-corrected chi connectivity index (χ4v) is 6.98. The van der Waals surface area contributed by atoms with Crippen LogP contribution in [0.4, 0.5) is 4.39 Å². The van der Waals surface area contributed by atoms with Crippen LogP contribution in [0.5, 0.6) is 0 Å². The Morgan fingerprint density at radius 2 is 1.81 bits per heavy atom. The molecule has 1 aromatic carbocycles. The van der Waals surface area contributed by atoms with Gasteiger partial charge >= 0.3 is 0 Å². The Morgan fingerprint density at radius 1 is 1.00 bits per heavy atom. The van der Waals surface area contributed by atoms with Crippen LogP contribution < -0.4 is 0 Å². The third-order valence-corrected chi connectivity index (χ3v) is 8.85. The summed E-state index contributed by atoms with van der Waals surface area (Å²) >= 11 is 0. The van der Waals surface area contributed by atoms with Crippen molar-refractivity contribution < 1.29 is 9.13 Å². The Hall–Kier alpha value is -1.15. The third kappa shape index (κ3) is 5.85. The topological polar surface area (TPSA) is 9.23 Å². The lowest BCUT2D eigenvalue weighted by Gasteiger charge is -2.42. The number of benzene rings is 1. The maximum Gasteiger partial charge on any atom is 0.130 e. The SMILES string of the molecule is C=CCOC1CCC2CC(c3ccc4c(c3F)CCC(CCCCCCC)C4)CCC2C1. The molecule has 0 bridgehead atoms. The van der Waals surface area contributed by atoms with Crippen LogP contribution in [0.15, 0.2) is 24.8 Å². The number of hydrogen-bond donors (Lipinski definition) is 0. The molecule has 2 heteroatoms. The third-order valence-electron chi connectivity index (χ3n) is 8.85. The molecule has 0 radical (unpaired) electrons. The first-order chi connectivity index (χ1) is 15.7. The van der Waals surface area contributed by atoms with E-state index in [4.69, 9.17) is 4.74 Å². The van der Waals surface area contributed by atoms with Crippen molar-refractivity contribution in [1.82, 2.24) is 0 Å². The van der Waals surface area contributed by atoms with Gasteiger partial charge in [0.15, 0.2) is 0 Å². The van der Waals surface area contributed by atoms with Gasteiger partial charge in [-0.3, -0.25) is 0 Å². The van der Waals surface area contributed by atoms with Crippen molar-refractivity contribution in [2.45, 2.75) is 115 Å². The standard InChI is InChI=1S/C30H45FO/c1-3-5-6-7-8-9-22-10-16-28-25(19-22)14-17-29(30(28)31)26-12-11-24-21-27(32-18-4-2)15-13-23(24)20-26/h4,14,17,22-24,26-27H,2-3,5-13,15-16,18-21H2,1H3. The van der Waals surface area contributed by atoms with Gasteiger partial charge in [0.05, 0.1) is 12.7 Å². The molecule has 4 rings (SSSR count). The summed E-state index contributed by atoms with van der Waals surface area (Å²) in [7, 11) is 0. The predicted octanol–water partition coefficient (Wildman–Crippen LogP) is 8.55. The van der Waals surface area contributed by atoms with Crippen LogP contribution in [-0.4, -0.2) is 12.7 Å². The average molecular weight is 441 g/mol. The summed E-state index contributed by atoms with van der Waals surface area (Å²) in [4.78, 5) is 0. The molecule has 0 N–H and O–H groups in total. The van der Waals surface area contributed by atoms with Crippen LogP contribution in [-0.2, 0) is 17.6 Å². The molecule has 2 saturated carbocycles. The number of fused-ring (bicyclic) bond motifs is 2. The first-order valence-electron chi connectivity index (χ1n) is 13.7. The van der Waals surface area contributed by atoms with Gasteiger partial charge in [0, 0.05) is 0 Å². The van der Waals surface area contributed by atoms with E-state index in [-0.39, 0.29) is 5.82 Å². The second kappa shape index (κ2) is 11.8. The zero-order chi connectivity index (χ0) is 22.3. The van der Waals surface area contributed by atoms with Crippen LogP contribution >= 0.6 is 0 Å². The highest BCUT2D eigenvalue weighted by Crippen LogP contribution is 2.47. The molecule has 178 valence electrons. The van der Waals surface area contributed by atoms with E-state index in [2.05, 4.69) is 25.6 Å². The number of halogens is 1. The quantitative estimate of drug-likeness (QED) is 0.261. The van der Waals surface area contributed by atoms with E-state index in [1.165, 1.54) is 76.2 Å². The number of ether oxygens (including phenoxy) is 1. The highest BCUT2D eigenvalue weighted by atomic mass is 19.1. The molecular formula is C30H45FO. The fraction of sp³-hybridized carbons (Fsp3) is 0.733. The van der Waals surface area contributed by atoms with Gasteiger partial charge in [0.2, 0.25) is 0 Å². The molecule has 1 aromatic rings. The summed E-state index contributed by atoms with van der Waals surface area (Å²) in [6.07, 6.45) is 20.8. The van der Waals surface area contributed by atoms with E-state index < -0.39 is 0 Å².